The Bertz CT molecular complexity index is 1430. The maximum Gasteiger partial charge on any atom is 0.353 e. The van der Waals surface area contributed by atoms with Gasteiger partial charge >= 0.3 is 17.9 Å². The minimum Gasteiger partial charge on any atom is -0.465 e. The van der Waals surface area contributed by atoms with Crippen LogP contribution in [-0.2, 0) is 20.7 Å². The number of esters is 3. The molecule has 3 rings (SSSR count). The summed E-state index contributed by atoms with van der Waals surface area (Å²) in [4.78, 5) is 50.6. The van der Waals surface area contributed by atoms with Crippen molar-refractivity contribution in [2.24, 2.45) is 11.1 Å². The highest BCUT2D eigenvalue weighted by atomic mass is 32.1. The summed E-state index contributed by atoms with van der Waals surface area (Å²) in [7, 11) is 2.39. The summed E-state index contributed by atoms with van der Waals surface area (Å²) in [5.41, 5.74) is 4.83. The lowest BCUT2D eigenvalue weighted by Gasteiger charge is -2.23. The lowest BCUT2D eigenvalue weighted by Crippen LogP contribution is -2.32. The Morgan fingerprint density at radius 1 is 0.923 bits per heavy atom. The monoisotopic (exact) mass is 555 g/mol. The molecule has 204 valence electrons. The highest BCUT2D eigenvalue weighted by Crippen LogP contribution is 2.30. The summed E-state index contributed by atoms with van der Waals surface area (Å²) in [6, 6.07) is 10.8. The predicted octanol–water partition coefficient (Wildman–Crippen LogP) is 4.17. The molecule has 0 radical (unpaired) electrons. The number of thiophene rings is 1. The van der Waals surface area contributed by atoms with E-state index in [4.69, 9.17) is 25.4 Å². The Labute approximate surface area is 227 Å². The Morgan fingerprint density at radius 3 is 2.08 bits per heavy atom. The molecule has 0 aliphatic carbocycles. The predicted molar refractivity (Wildman–Crippen MR) is 142 cm³/mol. The zero-order chi connectivity index (χ0) is 28.9. The Kier molecular flexibility index (Phi) is 8.81. The zero-order valence-corrected chi connectivity index (χ0v) is 22.4. The van der Waals surface area contributed by atoms with Gasteiger partial charge in [-0.15, -0.1) is 11.3 Å². The molecule has 39 heavy (non-hydrogen) atoms. The minimum atomic E-state index is -0.979. The molecule has 3 aromatic rings. The van der Waals surface area contributed by atoms with Crippen LogP contribution >= 0.6 is 11.3 Å². The first-order valence-electron chi connectivity index (χ1n) is 11.4. The van der Waals surface area contributed by atoms with Crippen LogP contribution in [0.1, 0.15) is 54.7 Å². The summed E-state index contributed by atoms with van der Waals surface area (Å²) < 4.78 is 28.8. The highest BCUT2D eigenvalue weighted by Gasteiger charge is 2.30. The van der Waals surface area contributed by atoms with E-state index >= 15 is 0 Å². The molecule has 1 aromatic heterocycles. The van der Waals surface area contributed by atoms with Crippen LogP contribution in [0.4, 0.5) is 10.1 Å². The average molecular weight is 556 g/mol. The van der Waals surface area contributed by atoms with E-state index < -0.39 is 35.0 Å². The van der Waals surface area contributed by atoms with E-state index in [0.29, 0.717) is 4.88 Å². The van der Waals surface area contributed by atoms with Gasteiger partial charge in [0, 0.05) is 21.5 Å². The van der Waals surface area contributed by atoms with Crippen LogP contribution in [-0.4, -0.2) is 43.9 Å². The van der Waals surface area contributed by atoms with Gasteiger partial charge in [0.2, 0.25) is 5.91 Å². The molecule has 0 atom stereocenters. The molecule has 4 N–H and O–H groups in total. The molecule has 0 aliphatic heterocycles. The number of methoxy groups -OCH3 is 2. The van der Waals surface area contributed by atoms with Crippen LogP contribution in [0.2, 0.25) is 0 Å². The molecule has 0 spiro atoms. The SMILES string of the molecule is COC(=O)c1cc(NC(=O)C(C)(C)Cc2ccc(C(=O)Oc3ccc(C(=N)N)cc3F)s2)cc(C(=O)OC)c1. The van der Waals surface area contributed by atoms with Crippen molar-refractivity contribution in [2.45, 2.75) is 20.3 Å². The van der Waals surface area contributed by atoms with Crippen LogP contribution in [0.5, 0.6) is 5.75 Å². The number of carbonyl (C=O) groups is 4. The van der Waals surface area contributed by atoms with Gasteiger partial charge in [-0.3, -0.25) is 10.2 Å². The summed E-state index contributed by atoms with van der Waals surface area (Å²) in [5, 5.41) is 10.1. The van der Waals surface area contributed by atoms with Crippen LogP contribution in [0, 0.1) is 16.6 Å². The number of carbonyl (C=O) groups excluding carboxylic acids is 4. The van der Waals surface area contributed by atoms with E-state index in [1.807, 2.05) is 0 Å². The maximum atomic E-state index is 14.2. The first-order chi connectivity index (χ1) is 18.3. The fourth-order valence-electron chi connectivity index (χ4n) is 3.47. The van der Waals surface area contributed by atoms with Gasteiger partial charge < -0.3 is 25.3 Å². The standard InChI is InChI=1S/C27H26FN3O7S/c1-27(2,26(35)31-17-10-15(23(32)36-3)9-16(11-17)24(33)37-4)13-18-6-8-21(39-18)25(34)38-20-7-5-14(22(29)30)12-19(20)28/h5-12H,13H2,1-4H3,(H3,29,30)(H,31,35). The van der Waals surface area contributed by atoms with Gasteiger partial charge in [-0.1, -0.05) is 13.8 Å². The van der Waals surface area contributed by atoms with E-state index in [1.165, 1.54) is 50.6 Å². The summed E-state index contributed by atoms with van der Waals surface area (Å²) in [5.74, 6) is -4.03. The van der Waals surface area contributed by atoms with E-state index in [9.17, 15) is 23.6 Å². The molecule has 0 saturated carbocycles. The Hall–Kier alpha value is -4.58. The van der Waals surface area contributed by atoms with Gasteiger partial charge in [0.25, 0.3) is 0 Å². The van der Waals surface area contributed by atoms with Crippen LogP contribution in [0.3, 0.4) is 0 Å². The largest absolute Gasteiger partial charge is 0.465 e. The number of nitrogen functional groups attached to an aromatic ring is 1. The number of ether oxygens (including phenoxy) is 3. The number of amidine groups is 1. The van der Waals surface area contributed by atoms with Crippen LogP contribution < -0.4 is 15.8 Å². The number of halogens is 1. The molecule has 0 fully saturated rings. The fraction of sp³-hybridized carbons (Fsp3) is 0.222. The molecular weight excluding hydrogens is 529 g/mol. The van der Waals surface area contributed by atoms with Crippen molar-refractivity contribution in [2.75, 3.05) is 19.5 Å². The van der Waals surface area contributed by atoms with Gasteiger partial charge in [-0.05, 0) is 55.0 Å². The fourth-order valence-corrected chi connectivity index (χ4v) is 4.58. The summed E-state index contributed by atoms with van der Waals surface area (Å²) in [6.07, 6.45) is 0.235. The topological polar surface area (TPSA) is 158 Å². The van der Waals surface area contributed by atoms with E-state index in [2.05, 4.69) is 5.32 Å². The lowest BCUT2D eigenvalue weighted by atomic mass is 9.87. The number of hydrogen-bond acceptors (Lipinski definition) is 9. The molecule has 0 unspecified atom stereocenters. The van der Waals surface area contributed by atoms with Crippen molar-refractivity contribution in [3.63, 3.8) is 0 Å². The molecule has 0 aliphatic rings. The highest BCUT2D eigenvalue weighted by molar-refractivity contribution is 7.14. The van der Waals surface area contributed by atoms with Gasteiger partial charge in [0.1, 0.15) is 10.7 Å². The van der Waals surface area contributed by atoms with Crippen molar-refractivity contribution < 1.29 is 37.8 Å². The van der Waals surface area contributed by atoms with E-state index in [1.54, 1.807) is 19.9 Å². The number of nitrogens with two attached hydrogens (primary N) is 1. The third-order valence-corrected chi connectivity index (χ3v) is 6.64. The number of rotatable bonds is 9. The second-order valence-corrected chi connectivity index (χ2v) is 10.2. The smallest absolute Gasteiger partial charge is 0.353 e. The quantitative estimate of drug-likeness (QED) is 0.154. The van der Waals surface area contributed by atoms with Gasteiger partial charge in [-0.2, -0.15) is 0 Å². The first-order valence-corrected chi connectivity index (χ1v) is 12.2. The molecule has 12 heteroatoms. The molecule has 0 bridgehead atoms. The first kappa shape index (κ1) is 29.0. The average Bonchev–Trinajstić information content (AvgIpc) is 3.36. The van der Waals surface area contributed by atoms with E-state index in [0.717, 1.165) is 17.4 Å². The zero-order valence-electron chi connectivity index (χ0n) is 21.5. The van der Waals surface area contributed by atoms with Crippen LogP contribution in [0.15, 0.2) is 48.5 Å². The van der Waals surface area contributed by atoms with Gasteiger partial charge in [0.15, 0.2) is 11.6 Å². The number of benzene rings is 2. The number of anilines is 1. The van der Waals surface area contributed by atoms with Crippen molar-refractivity contribution >= 4 is 46.7 Å². The van der Waals surface area contributed by atoms with E-state index in [-0.39, 0.29) is 45.3 Å². The van der Waals surface area contributed by atoms with Crippen molar-refractivity contribution in [3.8, 4) is 5.75 Å². The van der Waals surface area contributed by atoms with Crippen molar-refractivity contribution in [1.82, 2.24) is 0 Å². The van der Waals surface area contributed by atoms with Crippen LogP contribution in [0.25, 0.3) is 0 Å². The number of amides is 1. The van der Waals surface area contributed by atoms with Crippen molar-refractivity contribution in [1.29, 1.82) is 5.41 Å². The number of nitrogens with one attached hydrogen (secondary N) is 2. The third kappa shape index (κ3) is 7.05. The molecule has 2 aromatic carbocycles. The second-order valence-electron chi connectivity index (χ2n) is 9.01. The molecule has 1 heterocycles. The molecule has 10 nitrogen and oxygen atoms in total. The van der Waals surface area contributed by atoms with Gasteiger partial charge in [0.05, 0.1) is 25.3 Å². The summed E-state index contributed by atoms with van der Waals surface area (Å²) in [6.45, 7) is 3.38. The summed E-state index contributed by atoms with van der Waals surface area (Å²) >= 11 is 1.09. The minimum absolute atomic E-state index is 0.0577. The molecule has 0 saturated heterocycles. The van der Waals surface area contributed by atoms with Crippen molar-refractivity contribution in [3.05, 3.63) is 80.8 Å². The third-order valence-electron chi connectivity index (χ3n) is 5.57. The lowest BCUT2D eigenvalue weighted by molar-refractivity contribution is -0.123. The van der Waals surface area contributed by atoms with Gasteiger partial charge in [-0.25, -0.2) is 18.8 Å². The maximum absolute atomic E-state index is 14.2. The Morgan fingerprint density at radius 2 is 1.54 bits per heavy atom. The number of hydrogen-bond donors (Lipinski definition) is 3. The molecule has 1 amide bonds. The molecular formula is C27H26FN3O7S. The Balaban J connectivity index is 1.72. The second kappa shape index (κ2) is 11.9. The normalized spacial score (nSPS) is 10.9.